The normalized spacial score (nSPS) is 11.8. The van der Waals surface area contributed by atoms with Crippen molar-refractivity contribution in [3.05, 3.63) is 82.8 Å². The maximum Gasteiger partial charge on any atom is 0.0254 e. The van der Waals surface area contributed by atoms with E-state index in [0.29, 0.717) is 6.54 Å². The molecule has 5 aromatic rings. The molecule has 5 rings (SSSR count). The van der Waals surface area contributed by atoms with Gasteiger partial charge in [-0.3, -0.25) is 0 Å². The Morgan fingerprint density at radius 1 is 0.640 bits per heavy atom. The van der Waals surface area contributed by atoms with Crippen molar-refractivity contribution >= 4 is 48.2 Å². The van der Waals surface area contributed by atoms with Gasteiger partial charge < -0.3 is 5.73 Å². The first-order valence-electron chi connectivity index (χ1n) is 8.41. The molecular weight excluding hydrogens is 370 g/mol. The zero-order chi connectivity index (χ0) is 17.0. The van der Waals surface area contributed by atoms with Crippen molar-refractivity contribution in [2.24, 2.45) is 5.73 Å². The molecule has 0 aromatic heterocycles. The Hall–Kier alpha value is -2.42. The van der Waals surface area contributed by atoms with Crippen molar-refractivity contribution in [1.82, 2.24) is 0 Å². The maximum absolute atomic E-state index is 5.74. The quantitative estimate of drug-likeness (QED) is 0.346. The average molecular weight is 386 g/mol. The van der Waals surface area contributed by atoms with Gasteiger partial charge in [-0.1, -0.05) is 82.7 Å². The van der Waals surface area contributed by atoms with Crippen LogP contribution in [0.1, 0.15) is 5.56 Å². The molecule has 0 aliphatic rings. The third kappa shape index (κ3) is 2.18. The summed E-state index contributed by atoms with van der Waals surface area (Å²) in [5, 5.41) is 7.82. The highest BCUT2D eigenvalue weighted by Crippen LogP contribution is 2.41. The molecule has 0 unspecified atom stereocenters. The molecule has 1 nitrogen and oxygen atoms in total. The van der Waals surface area contributed by atoms with Crippen LogP contribution in [0.2, 0.25) is 0 Å². The van der Waals surface area contributed by atoms with Crippen molar-refractivity contribution in [2.45, 2.75) is 6.54 Å². The summed E-state index contributed by atoms with van der Waals surface area (Å²) >= 11 is 3.71. The second-order valence-electron chi connectivity index (χ2n) is 6.48. The SMILES string of the molecule is NCc1ccc(-c2ccc3ccc4c(Br)ccc5ccc2c3c54)cc1. The molecule has 0 bridgehead atoms. The van der Waals surface area contributed by atoms with E-state index in [1.165, 1.54) is 43.4 Å². The molecule has 0 spiro atoms. The van der Waals surface area contributed by atoms with Crippen LogP contribution in [0.15, 0.2) is 77.3 Å². The Labute approximate surface area is 154 Å². The Bertz CT molecular complexity index is 1220. The molecule has 0 amide bonds. The van der Waals surface area contributed by atoms with E-state index in [1.54, 1.807) is 0 Å². The van der Waals surface area contributed by atoms with Crippen LogP contribution < -0.4 is 5.73 Å². The summed E-state index contributed by atoms with van der Waals surface area (Å²) in [6, 6.07) is 26.3. The van der Waals surface area contributed by atoms with E-state index in [-0.39, 0.29) is 0 Å². The topological polar surface area (TPSA) is 26.0 Å². The van der Waals surface area contributed by atoms with Gasteiger partial charge in [0.2, 0.25) is 0 Å². The van der Waals surface area contributed by atoms with Gasteiger partial charge in [-0.05, 0) is 55.1 Å². The summed E-state index contributed by atoms with van der Waals surface area (Å²) in [6.07, 6.45) is 0. The first-order valence-corrected chi connectivity index (χ1v) is 9.21. The molecule has 0 saturated carbocycles. The highest BCUT2D eigenvalue weighted by molar-refractivity contribution is 9.10. The van der Waals surface area contributed by atoms with Crippen LogP contribution in [0.25, 0.3) is 43.4 Å². The number of benzene rings is 5. The smallest absolute Gasteiger partial charge is 0.0254 e. The largest absolute Gasteiger partial charge is 0.326 e. The number of halogens is 1. The average Bonchev–Trinajstić information content (AvgIpc) is 2.67. The molecule has 120 valence electrons. The lowest BCUT2D eigenvalue weighted by Gasteiger charge is -2.15. The molecule has 0 heterocycles. The zero-order valence-electron chi connectivity index (χ0n) is 13.6. The Balaban J connectivity index is 1.90. The van der Waals surface area contributed by atoms with Crippen LogP contribution in [0.5, 0.6) is 0 Å². The minimum atomic E-state index is 0.576. The van der Waals surface area contributed by atoms with E-state index < -0.39 is 0 Å². The molecule has 2 N–H and O–H groups in total. The van der Waals surface area contributed by atoms with Crippen LogP contribution in [-0.4, -0.2) is 0 Å². The van der Waals surface area contributed by atoms with Crippen LogP contribution in [0.3, 0.4) is 0 Å². The fraction of sp³-hybridized carbons (Fsp3) is 0.0435. The standard InChI is InChI=1S/C23H16BrN/c24-21-12-8-17-6-10-19-18(15-3-1-14(13-25)2-4-15)9-5-16-7-11-20(21)23(17)22(16)19/h1-12H,13,25H2. The van der Waals surface area contributed by atoms with E-state index in [4.69, 9.17) is 5.73 Å². The fourth-order valence-electron chi connectivity index (χ4n) is 3.84. The molecule has 0 saturated heterocycles. The molecule has 25 heavy (non-hydrogen) atoms. The fourth-order valence-corrected chi connectivity index (χ4v) is 4.30. The molecule has 0 aliphatic carbocycles. The molecular formula is C23H16BrN. The second-order valence-corrected chi connectivity index (χ2v) is 7.34. The van der Waals surface area contributed by atoms with Gasteiger partial charge in [0.25, 0.3) is 0 Å². The zero-order valence-corrected chi connectivity index (χ0v) is 15.2. The number of nitrogens with two attached hydrogens (primary N) is 1. The van der Waals surface area contributed by atoms with E-state index in [9.17, 15) is 0 Å². The van der Waals surface area contributed by atoms with Crippen molar-refractivity contribution < 1.29 is 0 Å². The lowest BCUT2D eigenvalue weighted by Crippen LogP contribution is -1.95. The van der Waals surface area contributed by atoms with Crippen molar-refractivity contribution in [1.29, 1.82) is 0 Å². The van der Waals surface area contributed by atoms with Gasteiger partial charge >= 0.3 is 0 Å². The van der Waals surface area contributed by atoms with Crippen molar-refractivity contribution in [2.75, 3.05) is 0 Å². The van der Waals surface area contributed by atoms with Crippen LogP contribution in [-0.2, 0) is 6.54 Å². The van der Waals surface area contributed by atoms with Crippen LogP contribution in [0, 0.1) is 0 Å². The Morgan fingerprint density at radius 2 is 1.24 bits per heavy atom. The maximum atomic E-state index is 5.74. The molecule has 0 radical (unpaired) electrons. The summed E-state index contributed by atoms with van der Waals surface area (Å²) in [5.74, 6) is 0. The molecule has 0 atom stereocenters. The molecule has 0 aliphatic heterocycles. The summed E-state index contributed by atoms with van der Waals surface area (Å²) < 4.78 is 1.15. The third-order valence-electron chi connectivity index (χ3n) is 5.11. The van der Waals surface area contributed by atoms with E-state index in [2.05, 4.69) is 88.7 Å². The summed E-state index contributed by atoms with van der Waals surface area (Å²) in [7, 11) is 0. The summed E-state index contributed by atoms with van der Waals surface area (Å²) in [5.41, 5.74) is 9.40. The minimum absolute atomic E-state index is 0.576. The van der Waals surface area contributed by atoms with Gasteiger partial charge in [0.15, 0.2) is 0 Å². The Kier molecular flexibility index (Phi) is 3.30. The van der Waals surface area contributed by atoms with Crippen LogP contribution in [0.4, 0.5) is 0 Å². The summed E-state index contributed by atoms with van der Waals surface area (Å²) in [4.78, 5) is 0. The molecule has 0 fully saturated rings. The molecule has 2 heteroatoms. The predicted molar refractivity (Wildman–Crippen MR) is 111 cm³/mol. The van der Waals surface area contributed by atoms with Gasteiger partial charge in [-0.2, -0.15) is 0 Å². The molecule has 5 aromatic carbocycles. The van der Waals surface area contributed by atoms with Crippen LogP contribution >= 0.6 is 15.9 Å². The number of hydrogen-bond donors (Lipinski definition) is 1. The monoisotopic (exact) mass is 385 g/mol. The highest BCUT2D eigenvalue weighted by Gasteiger charge is 2.13. The lowest BCUT2D eigenvalue weighted by atomic mass is 9.90. The highest BCUT2D eigenvalue weighted by atomic mass is 79.9. The number of hydrogen-bond acceptors (Lipinski definition) is 1. The predicted octanol–water partition coefficient (Wildman–Crippen LogP) is 6.47. The number of rotatable bonds is 2. The van der Waals surface area contributed by atoms with Gasteiger partial charge in [-0.15, -0.1) is 0 Å². The minimum Gasteiger partial charge on any atom is -0.326 e. The van der Waals surface area contributed by atoms with E-state index >= 15 is 0 Å². The van der Waals surface area contributed by atoms with Gasteiger partial charge in [0.1, 0.15) is 0 Å². The van der Waals surface area contributed by atoms with Gasteiger partial charge in [-0.25, -0.2) is 0 Å². The van der Waals surface area contributed by atoms with E-state index in [1.807, 2.05) is 0 Å². The first kappa shape index (κ1) is 14.9. The van der Waals surface area contributed by atoms with E-state index in [0.717, 1.165) is 10.0 Å². The summed E-state index contributed by atoms with van der Waals surface area (Å²) in [6.45, 7) is 0.576. The lowest BCUT2D eigenvalue weighted by molar-refractivity contribution is 1.07. The van der Waals surface area contributed by atoms with Gasteiger partial charge in [0.05, 0.1) is 0 Å². The first-order chi connectivity index (χ1) is 12.3. The third-order valence-corrected chi connectivity index (χ3v) is 5.80. The van der Waals surface area contributed by atoms with Gasteiger partial charge in [0, 0.05) is 11.0 Å². The Morgan fingerprint density at radius 3 is 1.96 bits per heavy atom. The van der Waals surface area contributed by atoms with Crippen molar-refractivity contribution in [3.63, 3.8) is 0 Å². The van der Waals surface area contributed by atoms with Crippen molar-refractivity contribution in [3.8, 4) is 11.1 Å². The second kappa shape index (κ2) is 5.55.